The first kappa shape index (κ1) is 33.4. The molecule has 0 fully saturated rings. The van der Waals surface area contributed by atoms with Gasteiger partial charge in [-0.05, 0) is 71.9 Å². The van der Waals surface area contributed by atoms with Crippen LogP contribution in [0.25, 0.3) is 104 Å². The number of rotatable bonds is 6. The first-order chi connectivity index (χ1) is 38.0. The van der Waals surface area contributed by atoms with Crippen molar-refractivity contribution >= 4 is 70.8 Å². The Bertz CT molecular complexity index is 4690. The quantitative estimate of drug-likeness (QED) is 0.123. The third-order valence-electron chi connectivity index (χ3n) is 12.9. The van der Waals surface area contributed by atoms with Crippen LogP contribution in [0.4, 0.5) is 0 Å². The van der Waals surface area contributed by atoms with Crippen LogP contribution in [0, 0.1) is 18.5 Å². The van der Waals surface area contributed by atoms with Crippen LogP contribution in [0.3, 0.4) is 0 Å². The van der Waals surface area contributed by atoms with E-state index in [0.717, 1.165) is 65.3 Å². The second kappa shape index (κ2) is 17.1. The molecule has 6 heteroatoms. The molecule has 0 unspecified atom stereocenters. The Balaban J connectivity index is 0.00000637. The Labute approximate surface area is 434 Å². The molecule has 0 radical (unpaired) electrons. The van der Waals surface area contributed by atoms with E-state index in [9.17, 15) is 0 Å². The fourth-order valence-corrected chi connectivity index (χ4v) is 9.97. The second-order valence-electron chi connectivity index (χ2n) is 18.0. The van der Waals surface area contributed by atoms with E-state index in [0.29, 0.717) is 28.2 Å². The van der Waals surface area contributed by atoms with Crippen LogP contribution < -0.4 is 9.30 Å². The summed E-state index contributed by atoms with van der Waals surface area (Å²) in [7, 11) is 0. The Morgan fingerprint density at radius 1 is 0.557 bits per heavy atom. The Kier molecular flexibility index (Phi) is 8.18. The molecular formula is C64H44N4OPt-2. The zero-order valence-electron chi connectivity index (χ0n) is 47.9. The molecule has 0 N–H and O–H groups in total. The van der Waals surface area contributed by atoms with Crippen LogP contribution in [-0.4, -0.2) is 14.0 Å². The summed E-state index contributed by atoms with van der Waals surface area (Å²) >= 11 is 0. The van der Waals surface area contributed by atoms with Crippen LogP contribution in [-0.2, 0) is 26.5 Å². The SMILES string of the molecule is [2H]c1c([2H])c([2H])c(-c2cccc(-c3c([2H])c([2H])c([2H])c([2H])c3[2H])c2-[n+]2[c-]n(-c3[c-]c(Oc4[c-]c5c(cc4)c4cccc6c7ccccc7c7ccccc7c7c(C(C)(C)C)ccnc7n5c64)ccc3)c3ccccc32)c([2H])c1[2H].[Pt]. The molecule has 0 aliphatic rings. The van der Waals surface area contributed by atoms with Gasteiger partial charge in [-0.15, -0.1) is 29.7 Å². The summed E-state index contributed by atoms with van der Waals surface area (Å²) in [5, 5.41) is 8.47. The van der Waals surface area contributed by atoms with Gasteiger partial charge in [0, 0.05) is 55.1 Å². The average Bonchev–Trinajstić information content (AvgIpc) is 4.23. The topological polar surface area (TPSA) is 35.3 Å². The standard InChI is InChI=1S/C64H44N4O.Pt/c1-64(2,3)56-37-38-65-63-60(56)53-28-13-12-26-50(53)49-25-10-11-27-51(49)54-31-18-32-55-52-36-35-46(40-59(52)68(63)62(54)55)69-45-24-16-23-44(39-45)66-41-67(58-34-15-14-33-57(58)66)61-47(42-19-6-4-7-20-42)29-17-30-48(61)43-21-8-5-9-22-43;/h4-38H,1-3H3;/q-2;/i4D,5D,6D,7D,8D,9D,19D,20D,21D,22D;. The number of aromatic nitrogens is 4. The van der Waals surface area contributed by atoms with Gasteiger partial charge in [0.1, 0.15) is 5.65 Å². The van der Waals surface area contributed by atoms with Crippen LogP contribution in [0.1, 0.15) is 40.0 Å². The molecule has 338 valence electrons. The van der Waals surface area contributed by atoms with Gasteiger partial charge < -0.3 is 13.7 Å². The summed E-state index contributed by atoms with van der Waals surface area (Å²) in [4.78, 5) is 5.24. The molecule has 0 aliphatic heterocycles. The van der Waals surface area contributed by atoms with Crippen molar-refractivity contribution in [3.8, 4) is 45.1 Å². The minimum Gasteiger partial charge on any atom is -0.510 e. The fraction of sp³-hybridized carbons (Fsp3) is 0.0625. The van der Waals surface area contributed by atoms with E-state index in [-0.39, 0.29) is 54.4 Å². The van der Waals surface area contributed by atoms with Crippen molar-refractivity contribution in [1.29, 1.82) is 0 Å². The van der Waals surface area contributed by atoms with Gasteiger partial charge in [-0.3, -0.25) is 4.57 Å². The number of para-hydroxylation sites is 4. The van der Waals surface area contributed by atoms with Gasteiger partial charge in [0.15, 0.2) is 0 Å². The third kappa shape index (κ3) is 7.03. The number of nitrogens with zero attached hydrogens (tertiary/aromatic N) is 4. The molecule has 4 aromatic heterocycles. The van der Waals surface area contributed by atoms with Gasteiger partial charge in [0.2, 0.25) is 0 Å². The number of benzene rings is 9. The predicted octanol–water partition coefficient (Wildman–Crippen LogP) is 15.7. The van der Waals surface area contributed by atoms with Gasteiger partial charge in [0.05, 0.1) is 30.4 Å². The van der Waals surface area contributed by atoms with Gasteiger partial charge in [-0.1, -0.05) is 196 Å². The number of fused-ring (bicyclic) bond motifs is 11. The molecule has 13 rings (SSSR count). The Morgan fingerprint density at radius 2 is 1.13 bits per heavy atom. The van der Waals surface area contributed by atoms with E-state index >= 15 is 0 Å². The molecule has 13 aromatic rings. The molecule has 0 spiro atoms. The van der Waals surface area contributed by atoms with Gasteiger partial charge >= 0.3 is 0 Å². The van der Waals surface area contributed by atoms with Crippen molar-refractivity contribution in [1.82, 2.24) is 14.0 Å². The zero-order chi connectivity index (χ0) is 54.9. The maximum atomic E-state index is 9.08. The number of imidazole rings is 1. The molecule has 0 atom stereocenters. The summed E-state index contributed by atoms with van der Waals surface area (Å²) < 4.78 is 99.9. The van der Waals surface area contributed by atoms with Crippen molar-refractivity contribution in [2.24, 2.45) is 0 Å². The fourth-order valence-electron chi connectivity index (χ4n) is 9.97. The van der Waals surface area contributed by atoms with Crippen molar-refractivity contribution in [3.05, 3.63) is 236 Å². The molecule has 0 saturated carbocycles. The molecular weight excluding hydrogens is 1040 g/mol. The van der Waals surface area contributed by atoms with E-state index in [1.807, 2.05) is 48.7 Å². The van der Waals surface area contributed by atoms with Crippen molar-refractivity contribution in [2.75, 3.05) is 0 Å². The van der Waals surface area contributed by atoms with E-state index in [2.05, 4.69) is 122 Å². The summed E-state index contributed by atoms with van der Waals surface area (Å²) in [6.07, 6.45) is 5.33. The van der Waals surface area contributed by atoms with E-state index < -0.39 is 60.4 Å². The van der Waals surface area contributed by atoms with E-state index in [1.165, 1.54) is 0 Å². The predicted molar refractivity (Wildman–Crippen MR) is 282 cm³/mol. The van der Waals surface area contributed by atoms with Crippen molar-refractivity contribution in [2.45, 2.75) is 26.2 Å². The molecule has 0 bridgehead atoms. The first-order valence-corrected chi connectivity index (χ1v) is 22.6. The summed E-state index contributed by atoms with van der Waals surface area (Å²) in [5.41, 5.74) is 5.21. The molecule has 0 amide bonds. The molecule has 0 saturated heterocycles. The van der Waals surface area contributed by atoms with Crippen LogP contribution >= 0.6 is 0 Å². The molecule has 9 aromatic carbocycles. The number of hydrogen-bond acceptors (Lipinski definition) is 2. The minimum absolute atomic E-state index is 0. The molecule has 70 heavy (non-hydrogen) atoms. The molecule has 0 aliphatic carbocycles. The number of ether oxygens (including phenoxy) is 1. The number of pyridine rings is 1. The first-order valence-electron chi connectivity index (χ1n) is 27.6. The smallest absolute Gasteiger partial charge is 0.268 e. The zero-order valence-corrected chi connectivity index (χ0v) is 40.2. The normalized spacial score (nSPS) is 13.8. The summed E-state index contributed by atoms with van der Waals surface area (Å²) in [5.74, 6) is 0.769. The van der Waals surface area contributed by atoms with E-state index in [1.54, 1.807) is 33.4 Å². The van der Waals surface area contributed by atoms with Crippen LogP contribution in [0.15, 0.2) is 212 Å². The summed E-state index contributed by atoms with van der Waals surface area (Å²) in [6.45, 7) is 6.68. The Morgan fingerprint density at radius 3 is 1.83 bits per heavy atom. The largest absolute Gasteiger partial charge is 0.510 e. The van der Waals surface area contributed by atoms with Crippen molar-refractivity contribution in [3.63, 3.8) is 0 Å². The van der Waals surface area contributed by atoms with Gasteiger partial charge in [-0.25, -0.2) is 4.98 Å². The Hall–Kier alpha value is -8.11. The van der Waals surface area contributed by atoms with Crippen molar-refractivity contribution < 1.29 is 44.1 Å². The van der Waals surface area contributed by atoms with E-state index in [4.69, 9.17) is 23.4 Å². The maximum absolute atomic E-state index is 9.08. The van der Waals surface area contributed by atoms with Crippen LogP contribution in [0.2, 0.25) is 0 Å². The minimum atomic E-state index is -0.575. The molecule has 5 nitrogen and oxygen atoms in total. The number of hydrogen-bond donors (Lipinski definition) is 0. The molecule has 4 heterocycles. The third-order valence-corrected chi connectivity index (χ3v) is 12.9. The van der Waals surface area contributed by atoms with Crippen LogP contribution in [0.5, 0.6) is 11.5 Å². The summed E-state index contributed by atoms with van der Waals surface area (Å²) in [6, 6.07) is 49.0. The van der Waals surface area contributed by atoms with Gasteiger partial charge in [-0.2, -0.15) is 18.2 Å². The maximum Gasteiger partial charge on any atom is 0.268 e. The monoisotopic (exact) mass is 1090 g/mol. The average molecular weight is 1090 g/mol. The second-order valence-corrected chi connectivity index (χ2v) is 18.0. The van der Waals surface area contributed by atoms with Gasteiger partial charge in [0.25, 0.3) is 6.33 Å².